The van der Waals surface area contributed by atoms with Crippen molar-refractivity contribution in [2.45, 2.75) is 19.4 Å². The van der Waals surface area contributed by atoms with Gasteiger partial charge < -0.3 is 15.0 Å². The maximum Gasteiger partial charge on any atom is 0.341 e. The van der Waals surface area contributed by atoms with Crippen molar-refractivity contribution in [3.63, 3.8) is 0 Å². The van der Waals surface area contributed by atoms with Crippen LogP contribution in [0.4, 0.5) is 0 Å². The number of aromatic nitrogens is 1. The van der Waals surface area contributed by atoms with Crippen molar-refractivity contribution in [1.29, 1.82) is 0 Å². The number of carbonyl (C=O) groups is 2. The quantitative estimate of drug-likeness (QED) is 0.601. The summed E-state index contributed by atoms with van der Waals surface area (Å²) in [5, 5.41) is 3.55. The van der Waals surface area contributed by atoms with Crippen LogP contribution in [0.5, 0.6) is 0 Å². The molecule has 5 nitrogen and oxygen atoms in total. The Labute approximate surface area is 159 Å². The van der Waals surface area contributed by atoms with Gasteiger partial charge >= 0.3 is 5.97 Å². The number of rotatable bonds is 6. The molecule has 0 aliphatic heterocycles. The Hall–Kier alpha value is -2.60. The lowest BCUT2D eigenvalue weighted by Gasteiger charge is -2.13. The Morgan fingerprint density at radius 3 is 2.73 bits per heavy atom. The molecule has 1 atom stereocenters. The second-order valence-electron chi connectivity index (χ2n) is 5.97. The standard InChI is InChI=1S/C20H19BrN2O3/c1-13(19(24)22-10-9-14-5-3-2-4-6-14)26-20(25)17-12-23-18-8-7-15(21)11-16(17)18/h2-8,11-13,23H,9-10H2,1H3,(H,22,24). The number of hydrogen-bond acceptors (Lipinski definition) is 3. The molecule has 26 heavy (non-hydrogen) atoms. The topological polar surface area (TPSA) is 71.2 Å². The van der Waals surface area contributed by atoms with Crippen molar-refractivity contribution in [3.8, 4) is 0 Å². The van der Waals surface area contributed by atoms with Crippen LogP contribution < -0.4 is 5.32 Å². The van der Waals surface area contributed by atoms with Gasteiger partial charge in [-0.1, -0.05) is 46.3 Å². The minimum Gasteiger partial charge on any atom is -0.449 e. The van der Waals surface area contributed by atoms with Crippen molar-refractivity contribution in [1.82, 2.24) is 10.3 Å². The molecule has 2 aromatic carbocycles. The van der Waals surface area contributed by atoms with Gasteiger partial charge in [0.05, 0.1) is 5.56 Å². The third-order valence-corrected chi connectivity index (χ3v) is 4.57. The number of amides is 1. The molecule has 1 heterocycles. The van der Waals surface area contributed by atoms with Crippen LogP contribution in [-0.4, -0.2) is 29.5 Å². The fourth-order valence-electron chi connectivity index (χ4n) is 2.66. The maximum absolute atomic E-state index is 12.4. The van der Waals surface area contributed by atoms with E-state index in [0.717, 1.165) is 27.4 Å². The SMILES string of the molecule is CC(OC(=O)c1c[nH]c2ccc(Br)cc12)C(=O)NCCc1ccccc1. The first-order valence-corrected chi connectivity index (χ1v) is 9.13. The summed E-state index contributed by atoms with van der Waals surface area (Å²) < 4.78 is 6.19. The van der Waals surface area contributed by atoms with Crippen LogP contribution in [0.25, 0.3) is 10.9 Å². The van der Waals surface area contributed by atoms with Gasteiger partial charge in [0.25, 0.3) is 5.91 Å². The van der Waals surface area contributed by atoms with Gasteiger partial charge in [-0.05, 0) is 37.1 Å². The van der Waals surface area contributed by atoms with Gasteiger partial charge in [-0.15, -0.1) is 0 Å². The van der Waals surface area contributed by atoms with Gasteiger partial charge in [0.1, 0.15) is 0 Å². The monoisotopic (exact) mass is 414 g/mol. The normalized spacial score (nSPS) is 11.9. The van der Waals surface area contributed by atoms with Crippen LogP contribution in [0.3, 0.4) is 0 Å². The van der Waals surface area contributed by atoms with Crippen LogP contribution in [0.1, 0.15) is 22.8 Å². The minimum atomic E-state index is -0.865. The third kappa shape index (κ3) is 4.32. The Morgan fingerprint density at radius 2 is 1.96 bits per heavy atom. The van der Waals surface area contributed by atoms with Gasteiger partial charge in [0, 0.05) is 28.1 Å². The Bertz CT molecular complexity index is 921. The van der Waals surface area contributed by atoms with Gasteiger partial charge in [0.15, 0.2) is 6.10 Å². The molecule has 0 saturated carbocycles. The average molecular weight is 415 g/mol. The second-order valence-corrected chi connectivity index (χ2v) is 6.88. The highest BCUT2D eigenvalue weighted by Crippen LogP contribution is 2.23. The zero-order valence-corrected chi connectivity index (χ0v) is 15.9. The van der Waals surface area contributed by atoms with E-state index in [-0.39, 0.29) is 5.91 Å². The molecule has 0 fully saturated rings. The molecule has 0 aliphatic rings. The van der Waals surface area contributed by atoms with Gasteiger partial charge in [-0.2, -0.15) is 0 Å². The lowest BCUT2D eigenvalue weighted by Crippen LogP contribution is -2.36. The van der Waals surface area contributed by atoms with E-state index in [2.05, 4.69) is 26.2 Å². The molecular weight excluding hydrogens is 396 g/mol. The number of benzene rings is 2. The zero-order chi connectivity index (χ0) is 18.5. The average Bonchev–Trinajstić information content (AvgIpc) is 3.05. The summed E-state index contributed by atoms with van der Waals surface area (Å²) in [6.45, 7) is 2.06. The number of hydrogen-bond donors (Lipinski definition) is 2. The summed E-state index contributed by atoms with van der Waals surface area (Å²) in [5.74, 6) is -0.838. The highest BCUT2D eigenvalue weighted by molar-refractivity contribution is 9.10. The van der Waals surface area contributed by atoms with Crippen molar-refractivity contribution in [3.05, 3.63) is 70.3 Å². The summed E-state index contributed by atoms with van der Waals surface area (Å²) in [7, 11) is 0. The molecule has 1 aromatic heterocycles. The summed E-state index contributed by atoms with van der Waals surface area (Å²) in [6.07, 6.45) is 1.46. The number of esters is 1. The Morgan fingerprint density at radius 1 is 1.19 bits per heavy atom. The van der Waals surface area contributed by atoms with E-state index in [0.29, 0.717) is 12.1 Å². The fourth-order valence-corrected chi connectivity index (χ4v) is 3.02. The Kier molecular flexibility index (Phi) is 5.73. The summed E-state index contributed by atoms with van der Waals surface area (Å²) in [4.78, 5) is 27.6. The largest absolute Gasteiger partial charge is 0.449 e. The molecule has 3 rings (SSSR count). The van der Waals surface area contributed by atoms with E-state index in [1.807, 2.05) is 48.5 Å². The lowest BCUT2D eigenvalue weighted by atomic mass is 10.1. The van der Waals surface area contributed by atoms with E-state index >= 15 is 0 Å². The highest BCUT2D eigenvalue weighted by atomic mass is 79.9. The smallest absolute Gasteiger partial charge is 0.341 e. The van der Waals surface area contributed by atoms with Crippen LogP contribution in [-0.2, 0) is 16.0 Å². The van der Waals surface area contributed by atoms with Gasteiger partial charge in [-0.25, -0.2) is 4.79 Å². The van der Waals surface area contributed by atoms with E-state index < -0.39 is 12.1 Å². The number of ether oxygens (including phenoxy) is 1. The summed E-state index contributed by atoms with van der Waals surface area (Å²) in [5.41, 5.74) is 2.38. The molecule has 0 bridgehead atoms. The highest BCUT2D eigenvalue weighted by Gasteiger charge is 2.21. The molecule has 2 N–H and O–H groups in total. The molecule has 0 radical (unpaired) electrons. The molecular formula is C20H19BrN2O3. The molecule has 1 amide bonds. The first kappa shape index (κ1) is 18.2. The van der Waals surface area contributed by atoms with Crippen LogP contribution in [0.15, 0.2) is 59.2 Å². The number of halogens is 1. The Balaban J connectivity index is 1.56. The van der Waals surface area contributed by atoms with E-state index in [1.165, 1.54) is 0 Å². The van der Waals surface area contributed by atoms with Gasteiger partial charge in [-0.3, -0.25) is 4.79 Å². The van der Waals surface area contributed by atoms with E-state index in [4.69, 9.17) is 4.74 Å². The van der Waals surface area contributed by atoms with Crippen molar-refractivity contribution in [2.24, 2.45) is 0 Å². The van der Waals surface area contributed by atoms with Crippen LogP contribution in [0.2, 0.25) is 0 Å². The first-order chi connectivity index (χ1) is 12.5. The van der Waals surface area contributed by atoms with Crippen molar-refractivity contribution < 1.29 is 14.3 Å². The van der Waals surface area contributed by atoms with E-state index in [9.17, 15) is 9.59 Å². The number of carbonyl (C=O) groups excluding carboxylic acids is 2. The molecule has 0 saturated heterocycles. The molecule has 1 unspecified atom stereocenters. The lowest BCUT2D eigenvalue weighted by molar-refractivity contribution is -0.129. The predicted molar refractivity (Wildman–Crippen MR) is 104 cm³/mol. The van der Waals surface area contributed by atoms with Gasteiger partial charge in [0.2, 0.25) is 0 Å². The summed E-state index contributed by atoms with van der Waals surface area (Å²) >= 11 is 3.39. The molecule has 3 aromatic rings. The zero-order valence-electron chi connectivity index (χ0n) is 14.3. The van der Waals surface area contributed by atoms with E-state index in [1.54, 1.807) is 13.1 Å². The number of fused-ring (bicyclic) bond motifs is 1. The molecule has 0 aliphatic carbocycles. The van der Waals surface area contributed by atoms with Crippen molar-refractivity contribution in [2.75, 3.05) is 6.54 Å². The molecule has 6 heteroatoms. The first-order valence-electron chi connectivity index (χ1n) is 8.34. The van der Waals surface area contributed by atoms with Crippen molar-refractivity contribution >= 4 is 38.7 Å². The molecule has 0 spiro atoms. The third-order valence-electron chi connectivity index (χ3n) is 4.07. The fraction of sp³-hybridized carbons (Fsp3) is 0.200. The second kappa shape index (κ2) is 8.19. The number of aromatic amines is 1. The molecule has 134 valence electrons. The van der Waals surface area contributed by atoms with Crippen LogP contribution >= 0.6 is 15.9 Å². The number of nitrogens with one attached hydrogen (secondary N) is 2. The maximum atomic E-state index is 12.4. The summed E-state index contributed by atoms with van der Waals surface area (Å²) in [6, 6.07) is 15.5. The minimum absolute atomic E-state index is 0.310. The van der Waals surface area contributed by atoms with Crippen LogP contribution in [0, 0.1) is 0 Å². The number of H-pyrrole nitrogens is 1. The predicted octanol–water partition coefficient (Wildman–Crippen LogP) is 3.83.